The lowest BCUT2D eigenvalue weighted by atomic mass is 9.96. The van der Waals surface area contributed by atoms with Crippen molar-refractivity contribution >= 4 is 11.7 Å². The molecule has 1 aromatic carbocycles. The molecule has 16 heavy (non-hydrogen) atoms. The van der Waals surface area contributed by atoms with Crippen molar-refractivity contribution in [1.29, 1.82) is 0 Å². The summed E-state index contributed by atoms with van der Waals surface area (Å²) in [7, 11) is 0. The standard InChI is InChI=1S/C11H14N4O/c1-7-6-16-9-5-3-2-4-8(9)10(7)14-15-11(12)13/h2-5,7H,6H2,1H3,(H4,12,13,15)/b14-10-. The van der Waals surface area contributed by atoms with Crippen LogP contribution in [-0.4, -0.2) is 18.3 Å². The van der Waals surface area contributed by atoms with Gasteiger partial charge in [-0.3, -0.25) is 0 Å². The Morgan fingerprint density at radius 2 is 2.12 bits per heavy atom. The number of hydrogen-bond donors (Lipinski definition) is 2. The van der Waals surface area contributed by atoms with E-state index in [4.69, 9.17) is 16.2 Å². The van der Waals surface area contributed by atoms with Crippen molar-refractivity contribution in [3.05, 3.63) is 29.8 Å². The number of guanidine groups is 1. The van der Waals surface area contributed by atoms with E-state index in [0.29, 0.717) is 6.61 Å². The molecular formula is C11H14N4O. The first-order valence-electron chi connectivity index (χ1n) is 5.07. The summed E-state index contributed by atoms with van der Waals surface area (Å²) in [5, 5.41) is 7.78. The Labute approximate surface area is 93.8 Å². The normalized spacial score (nSPS) is 21.1. The van der Waals surface area contributed by atoms with Crippen LogP contribution in [-0.2, 0) is 0 Å². The van der Waals surface area contributed by atoms with Gasteiger partial charge in [-0.1, -0.05) is 19.1 Å². The summed E-state index contributed by atoms with van der Waals surface area (Å²) in [4.78, 5) is 0. The zero-order valence-corrected chi connectivity index (χ0v) is 9.05. The molecule has 0 saturated carbocycles. The Morgan fingerprint density at radius 1 is 1.38 bits per heavy atom. The predicted octanol–water partition coefficient (Wildman–Crippen LogP) is 0.693. The molecule has 1 aromatic rings. The van der Waals surface area contributed by atoms with E-state index in [-0.39, 0.29) is 11.9 Å². The van der Waals surface area contributed by atoms with Crippen LogP contribution in [0.4, 0.5) is 0 Å². The molecule has 0 spiro atoms. The molecule has 0 amide bonds. The van der Waals surface area contributed by atoms with Crippen molar-refractivity contribution in [2.75, 3.05) is 6.61 Å². The van der Waals surface area contributed by atoms with E-state index in [9.17, 15) is 0 Å². The predicted molar refractivity (Wildman–Crippen MR) is 63.4 cm³/mol. The van der Waals surface area contributed by atoms with E-state index in [0.717, 1.165) is 17.0 Å². The van der Waals surface area contributed by atoms with Crippen LogP contribution in [0.1, 0.15) is 12.5 Å². The molecule has 0 bridgehead atoms. The highest BCUT2D eigenvalue weighted by atomic mass is 16.5. The van der Waals surface area contributed by atoms with E-state index in [1.54, 1.807) is 0 Å². The van der Waals surface area contributed by atoms with E-state index >= 15 is 0 Å². The maximum atomic E-state index is 5.58. The van der Waals surface area contributed by atoms with Crippen LogP contribution in [0.15, 0.2) is 34.5 Å². The summed E-state index contributed by atoms with van der Waals surface area (Å²) in [6.07, 6.45) is 0. The molecule has 5 nitrogen and oxygen atoms in total. The lowest BCUT2D eigenvalue weighted by Gasteiger charge is -2.23. The molecule has 1 atom stereocenters. The molecule has 1 aliphatic rings. The summed E-state index contributed by atoms with van der Waals surface area (Å²) in [5.41, 5.74) is 12.3. The van der Waals surface area contributed by atoms with Crippen molar-refractivity contribution < 1.29 is 4.74 Å². The minimum atomic E-state index is -0.0383. The molecule has 0 fully saturated rings. The molecule has 4 N–H and O–H groups in total. The van der Waals surface area contributed by atoms with Gasteiger partial charge in [0.2, 0.25) is 5.96 Å². The van der Waals surface area contributed by atoms with Gasteiger partial charge in [0.15, 0.2) is 0 Å². The fourth-order valence-corrected chi connectivity index (χ4v) is 1.63. The van der Waals surface area contributed by atoms with Gasteiger partial charge in [-0.05, 0) is 12.1 Å². The summed E-state index contributed by atoms with van der Waals surface area (Å²) < 4.78 is 5.58. The minimum absolute atomic E-state index is 0.0383. The number of rotatable bonds is 1. The van der Waals surface area contributed by atoms with Crippen LogP contribution < -0.4 is 16.2 Å². The Kier molecular flexibility index (Phi) is 2.76. The second kappa shape index (κ2) is 4.22. The van der Waals surface area contributed by atoms with Crippen LogP contribution in [0, 0.1) is 5.92 Å². The third kappa shape index (κ3) is 1.98. The lowest BCUT2D eigenvalue weighted by Crippen LogP contribution is -2.27. The Bertz CT molecular complexity index is 449. The van der Waals surface area contributed by atoms with Gasteiger partial charge >= 0.3 is 0 Å². The zero-order chi connectivity index (χ0) is 11.5. The molecule has 1 aliphatic heterocycles. The number of fused-ring (bicyclic) bond motifs is 1. The summed E-state index contributed by atoms with van der Waals surface area (Å²) in [6.45, 7) is 2.62. The van der Waals surface area contributed by atoms with E-state index in [1.807, 2.05) is 31.2 Å². The fourth-order valence-electron chi connectivity index (χ4n) is 1.63. The fraction of sp³-hybridized carbons (Fsp3) is 0.273. The van der Waals surface area contributed by atoms with Crippen LogP contribution in [0.3, 0.4) is 0 Å². The topological polar surface area (TPSA) is 86.0 Å². The number of hydrogen-bond acceptors (Lipinski definition) is 3. The SMILES string of the molecule is CC1COc2ccccc2/C1=N\N=C(N)N. The maximum Gasteiger partial charge on any atom is 0.211 e. The molecule has 0 radical (unpaired) electrons. The first-order valence-corrected chi connectivity index (χ1v) is 5.07. The van der Waals surface area contributed by atoms with Crippen LogP contribution in [0.5, 0.6) is 5.75 Å². The third-order valence-electron chi connectivity index (χ3n) is 2.39. The van der Waals surface area contributed by atoms with Gasteiger partial charge in [0.25, 0.3) is 0 Å². The van der Waals surface area contributed by atoms with Gasteiger partial charge < -0.3 is 16.2 Å². The van der Waals surface area contributed by atoms with Gasteiger partial charge in [0.1, 0.15) is 5.75 Å². The molecule has 0 saturated heterocycles. The van der Waals surface area contributed by atoms with Crippen molar-refractivity contribution in [2.45, 2.75) is 6.92 Å². The van der Waals surface area contributed by atoms with Gasteiger partial charge in [-0.2, -0.15) is 5.10 Å². The lowest BCUT2D eigenvalue weighted by molar-refractivity contribution is 0.282. The second-order valence-electron chi connectivity index (χ2n) is 3.72. The number of nitrogens with zero attached hydrogens (tertiary/aromatic N) is 2. The molecule has 1 heterocycles. The quantitative estimate of drug-likeness (QED) is 0.413. The summed E-state index contributed by atoms with van der Waals surface area (Å²) in [6, 6.07) is 7.72. The highest BCUT2D eigenvalue weighted by Gasteiger charge is 2.23. The molecule has 0 aromatic heterocycles. The first kappa shape index (κ1) is 10.5. The van der Waals surface area contributed by atoms with E-state index in [1.165, 1.54) is 0 Å². The Morgan fingerprint density at radius 3 is 2.88 bits per heavy atom. The molecule has 5 heteroatoms. The van der Waals surface area contributed by atoms with Crippen molar-refractivity contribution in [1.82, 2.24) is 0 Å². The summed E-state index contributed by atoms with van der Waals surface area (Å²) >= 11 is 0. The Hall–Kier alpha value is -2.04. The van der Waals surface area contributed by atoms with Gasteiger partial charge in [-0.15, -0.1) is 5.10 Å². The summed E-state index contributed by atoms with van der Waals surface area (Å²) in [5.74, 6) is 0.965. The molecule has 0 aliphatic carbocycles. The van der Waals surface area contributed by atoms with Crippen molar-refractivity contribution in [3.8, 4) is 5.75 Å². The highest BCUT2D eigenvalue weighted by Crippen LogP contribution is 2.27. The van der Waals surface area contributed by atoms with Crippen LogP contribution >= 0.6 is 0 Å². The van der Waals surface area contributed by atoms with Gasteiger partial charge in [-0.25, -0.2) is 0 Å². The second-order valence-corrected chi connectivity index (χ2v) is 3.72. The van der Waals surface area contributed by atoms with E-state index in [2.05, 4.69) is 10.2 Å². The molecular weight excluding hydrogens is 204 g/mol. The largest absolute Gasteiger partial charge is 0.492 e. The van der Waals surface area contributed by atoms with E-state index < -0.39 is 0 Å². The smallest absolute Gasteiger partial charge is 0.211 e. The number of nitrogens with two attached hydrogens (primary N) is 2. The minimum Gasteiger partial charge on any atom is -0.492 e. The number of para-hydroxylation sites is 1. The molecule has 1 unspecified atom stereocenters. The molecule has 84 valence electrons. The zero-order valence-electron chi connectivity index (χ0n) is 9.05. The average Bonchev–Trinajstić information content (AvgIpc) is 2.27. The van der Waals surface area contributed by atoms with Crippen molar-refractivity contribution in [3.63, 3.8) is 0 Å². The average molecular weight is 218 g/mol. The third-order valence-corrected chi connectivity index (χ3v) is 2.39. The monoisotopic (exact) mass is 218 g/mol. The molecule has 2 rings (SSSR count). The Balaban J connectivity index is 2.45. The van der Waals surface area contributed by atoms with Crippen molar-refractivity contribution in [2.24, 2.45) is 27.6 Å². The highest BCUT2D eigenvalue weighted by molar-refractivity contribution is 6.05. The number of ether oxygens (including phenoxy) is 1. The maximum absolute atomic E-state index is 5.58. The van der Waals surface area contributed by atoms with Crippen LogP contribution in [0.2, 0.25) is 0 Å². The number of benzene rings is 1. The first-order chi connectivity index (χ1) is 7.68. The van der Waals surface area contributed by atoms with Crippen LogP contribution in [0.25, 0.3) is 0 Å². The van der Waals surface area contributed by atoms with Gasteiger partial charge in [0.05, 0.1) is 12.3 Å². The van der Waals surface area contributed by atoms with Gasteiger partial charge in [0, 0.05) is 11.5 Å².